The zero-order valence-corrected chi connectivity index (χ0v) is 20.9. The molecule has 0 radical (unpaired) electrons. The second-order valence-corrected chi connectivity index (χ2v) is 10.7. The van der Waals surface area contributed by atoms with Crippen molar-refractivity contribution in [3.8, 4) is 17.0 Å². The number of hydrogen-bond acceptors (Lipinski definition) is 7. The van der Waals surface area contributed by atoms with Crippen LogP contribution in [0.25, 0.3) is 11.3 Å². The first-order valence-corrected chi connectivity index (χ1v) is 13.5. The Hall–Kier alpha value is -3.89. The van der Waals surface area contributed by atoms with Crippen molar-refractivity contribution in [2.24, 2.45) is 0 Å². The third-order valence-electron chi connectivity index (χ3n) is 5.58. The first-order chi connectivity index (χ1) is 17.5. The lowest BCUT2D eigenvalue weighted by molar-refractivity contribution is -0.113. The van der Waals surface area contributed by atoms with E-state index in [-0.39, 0.29) is 23.1 Å². The number of methoxy groups -OCH3 is 1. The van der Waals surface area contributed by atoms with Gasteiger partial charge in [0.05, 0.1) is 37.0 Å². The Morgan fingerprint density at radius 3 is 2.61 bits per heavy atom. The van der Waals surface area contributed by atoms with E-state index < -0.39 is 10.0 Å². The molecule has 0 saturated heterocycles. The minimum atomic E-state index is -3.92. The predicted molar refractivity (Wildman–Crippen MR) is 140 cm³/mol. The number of ether oxygens (including phenoxy) is 1. The van der Waals surface area contributed by atoms with Gasteiger partial charge in [-0.15, -0.1) is 0 Å². The molecule has 5 rings (SSSR count). The molecule has 1 N–H and O–H groups in total. The van der Waals surface area contributed by atoms with Gasteiger partial charge in [-0.2, -0.15) is 0 Å². The maximum atomic E-state index is 13.7. The molecule has 1 aliphatic heterocycles. The number of rotatable bonds is 7. The highest BCUT2D eigenvalue weighted by atomic mass is 32.2. The van der Waals surface area contributed by atoms with E-state index in [1.54, 1.807) is 31.4 Å². The van der Waals surface area contributed by atoms with Crippen molar-refractivity contribution in [1.82, 2.24) is 9.97 Å². The quantitative estimate of drug-likeness (QED) is 0.282. The van der Waals surface area contributed by atoms with Crippen molar-refractivity contribution < 1.29 is 17.9 Å². The Morgan fingerprint density at radius 2 is 1.81 bits per heavy atom. The summed E-state index contributed by atoms with van der Waals surface area (Å²) in [5.41, 5.74) is 3.03. The first kappa shape index (κ1) is 23.8. The molecule has 1 aliphatic rings. The molecule has 1 amide bonds. The fraction of sp³-hybridized carbons (Fsp3) is 0.115. The number of carbonyl (C=O) groups excluding carboxylic acids is 1. The average molecular weight is 519 g/mol. The highest BCUT2D eigenvalue weighted by molar-refractivity contribution is 7.99. The number of nitrogens with zero attached hydrogens (tertiary/aromatic N) is 3. The van der Waals surface area contributed by atoms with Crippen LogP contribution in [-0.2, 0) is 21.4 Å². The molecule has 2 heterocycles. The number of sulfonamides is 1. The van der Waals surface area contributed by atoms with E-state index in [0.717, 1.165) is 17.3 Å². The normalized spacial score (nSPS) is 13.4. The van der Waals surface area contributed by atoms with E-state index in [4.69, 9.17) is 4.74 Å². The van der Waals surface area contributed by atoms with Crippen LogP contribution in [0.2, 0.25) is 0 Å². The molecule has 3 aromatic carbocycles. The predicted octanol–water partition coefficient (Wildman–Crippen LogP) is 4.59. The topological polar surface area (TPSA) is 101 Å². The number of thioether (sulfide) groups is 1. The molecule has 0 saturated carbocycles. The lowest BCUT2D eigenvalue weighted by atomic mass is 10.1. The summed E-state index contributed by atoms with van der Waals surface area (Å²) in [6, 6.07) is 23.7. The lowest BCUT2D eigenvalue weighted by Crippen LogP contribution is -2.34. The van der Waals surface area contributed by atoms with E-state index >= 15 is 0 Å². The molecule has 4 aromatic rings. The third-order valence-corrected chi connectivity index (χ3v) is 8.20. The van der Waals surface area contributed by atoms with Gasteiger partial charge in [0.25, 0.3) is 10.0 Å². The number of amides is 1. The molecule has 0 bridgehead atoms. The molecule has 10 heteroatoms. The molecular formula is C26H22N4O4S2. The summed E-state index contributed by atoms with van der Waals surface area (Å²) in [5, 5.41) is 3.14. The van der Waals surface area contributed by atoms with Crippen LogP contribution in [0.1, 0.15) is 5.56 Å². The second-order valence-electron chi connectivity index (χ2n) is 7.95. The van der Waals surface area contributed by atoms with Crippen molar-refractivity contribution in [2.45, 2.75) is 16.6 Å². The fourth-order valence-corrected chi connectivity index (χ4v) is 6.08. The molecule has 0 unspecified atom stereocenters. The standard InChI is InChI=1S/C26H22N4O4S2/c1-34-20-11-7-8-18(14-20)16-30-22-13-6-5-12-21(22)25-23(36(30,32)33)15-27-26(29-25)35-17-24(31)28-19-9-3-2-4-10-19/h2-15H,16-17H2,1H3,(H,28,31). The summed E-state index contributed by atoms with van der Waals surface area (Å²) in [7, 11) is -2.35. The van der Waals surface area contributed by atoms with Gasteiger partial charge in [0.15, 0.2) is 5.16 Å². The molecule has 8 nitrogen and oxygen atoms in total. The van der Waals surface area contributed by atoms with Crippen molar-refractivity contribution in [3.05, 3.63) is 90.6 Å². The Labute approximate surface area is 213 Å². The smallest absolute Gasteiger partial charge is 0.268 e. The summed E-state index contributed by atoms with van der Waals surface area (Å²) in [5.74, 6) is 0.534. The summed E-state index contributed by atoms with van der Waals surface area (Å²) in [6.07, 6.45) is 1.32. The van der Waals surface area contributed by atoms with Gasteiger partial charge in [-0.25, -0.2) is 18.4 Å². The van der Waals surface area contributed by atoms with Crippen LogP contribution in [0.15, 0.2) is 95.1 Å². The van der Waals surface area contributed by atoms with Crippen molar-refractivity contribution in [1.29, 1.82) is 0 Å². The Balaban J connectivity index is 1.42. The van der Waals surface area contributed by atoms with Gasteiger partial charge < -0.3 is 10.1 Å². The zero-order chi connectivity index (χ0) is 25.1. The molecule has 0 spiro atoms. The minimum Gasteiger partial charge on any atom is -0.497 e. The first-order valence-electron chi connectivity index (χ1n) is 11.1. The number of nitrogens with one attached hydrogen (secondary N) is 1. The number of anilines is 2. The van der Waals surface area contributed by atoms with Gasteiger partial charge in [0.2, 0.25) is 5.91 Å². The van der Waals surface area contributed by atoms with Gasteiger partial charge in [0.1, 0.15) is 10.6 Å². The SMILES string of the molecule is COc1cccc(CN2c3ccccc3-c3nc(SCC(=O)Nc4ccccc4)ncc3S2(=O)=O)c1. The number of carbonyl (C=O) groups is 1. The summed E-state index contributed by atoms with van der Waals surface area (Å²) in [6.45, 7) is 0.131. The zero-order valence-electron chi connectivity index (χ0n) is 19.3. The van der Waals surface area contributed by atoms with E-state index in [9.17, 15) is 13.2 Å². The Bertz CT molecular complexity index is 1530. The van der Waals surface area contributed by atoms with Gasteiger partial charge in [0, 0.05) is 11.3 Å². The fourth-order valence-electron chi connectivity index (χ4n) is 3.90. The number of hydrogen-bond donors (Lipinski definition) is 1. The highest BCUT2D eigenvalue weighted by Gasteiger charge is 2.36. The molecule has 0 aliphatic carbocycles. The van der Waals surface area contributed by atoms with E-state index in [1.807, 2.05) is 54.6 Å². The molecule has 36 heavy (non-hydrogen) atoms. The molecular weight excluding hydrogens is 496 g/mol. The minimum absolute atomic E-state index is 0.0298. The van der Waals surface area contributed by atoms with E-state index in [2.05, 4.69) is 15.3 Å². The Kier molecular flexibility index (Phi) is 6.62. The van der Waals surface area contributed by atoms with Crippen LogP contribution in [0, 0.1) is 0 Å². The summed E-state index contributed by atoms with van der Waals surface area (Å²) >= 11 is 1.15. The number of para-hydroxylation sites is 2. The Morgan fingerprint density at radius 1 is 1.03 bits per heavy atom. The summed E-state index contributed by atoms with van der Waals surface area (Å²) < 4.78 is 34.0. The largest absolute Gasteiger partial charge is 0.497 e. The van der Waals surface area contributed by atoms with Crippen LogP contribution in [0.5, 0.6) is 5.75 Å². The van der Waals surface area contributed by atoms with Gasteiger partial charge in [-0.05, 0) is 35.9 Å². The molecule has 182 valence electrons. The lowest BCUT2D eigenvalue weighted by Gasteiger charge is -2.31. The number of benzene rings is 3. The number of fused-ring (bicyclic) bond motifs is 3. The molecule has 1 aromatic heterocycles. The van der Waals surface area contributed by atoms with Crippen LogP contribution in [0.4, 0.5) is 11.4 Å². The monoisotopic (exact) mass is 518 g/mol. The van der Waals surface area contributed by atoms with E-state index in [0.29, 0.717) is 33.5 Å². The van der Waals surface area contributed by atoms with Crippen LogP contribution in [-0.4, -0.2) is 37.2 Å². The maximum absolute atomic E-state index is 13.7. The van der Waals surface area contributed by atoms with E-state index in [1.165, 1.54) is 10.5 Å². The second kappa shape index (κ2) is 10.00. The molecule has 0 atom stereocenters. The number of aromatic nitrogens is 2. The molecule has 0 fully saturated rings. The van der Waals surface area contributed by atoms with Crippen LogP contribution >= 0.6 is 11.8 Å². The van der Waals surface area contributed by atoms with Gasteiger partial charge >= 0.3 is 0 Å². The third kappa shape index (κ3) is 4.77. The maximum Gasteiger partial charge on any atom is 0.268 e. The van der Waals surface area contributed by atoms with Crippen molar-refractivity contribution >= 4 is 39.1 Å². The van der Waals surface area contributed by atoms with Crippen molar-refractivity contribution in [2.75, 3.05) is 22.5 Å². The van der Waals surface area contributed by atoms with Crippen molar-refractivity contribution in [3.63, 3.8) is 0 Å². The highest BCUT2D eigenvalue weighted by Crippen LogP contribution is 2.43. The van der Waals surface area contributed by atoms with Gasteiger partial charge in [-0.3, -0.25) is 9.10 Å². The van der Waals surface area contributed by atoms with Crippen LogP contribution < -0.4 is 14.4 Å². The van der Waals surface area contributed by atoms with Gasteiger partial charge in [-0.1, -0.05) is 60.3 Å². The van der Waals surface area contributed by atoms with Crippen LogP contribution in [0.3, 0.4) is 0 Å². The average Bonchev–Trinajstić information content (AvgIpc) is 2.90. The summed E-state index contributed by atoms with van der Waals surface area (Å²) in [4.78, 5) is 21.2.